The van der Waals surface area contributed by atoms with Crippen molar-refractivity contribution in [3.63, 3.8) is 0 Å². The zero-order chi connectivity index (χ0) is 16.9. The summed E-state index contributed by atoms with van der Waals surface area (Å²) < 4.78 is 5.81. The van der Waals surface area contributed by atoms with Crippen LogP contribution < -0.4 is 0 Å². The first kappa shape index (κ1) is 17.0. The first-order chi connectivity index (χ1) is 11.6. The Labute approximate surface area is 145 Å². The maximum Gasteiger partial charge on any atom is 0.228 e. The molecular weight excluding hydrogens is 324 g/mol. The number of thiazole rings is 1. The lowest BCUT2D eigenvalue weighted by Gasteiger charge is -2.33. The lowest BCUT2D eigenvalue weighted by Crippen LogP contribution is -2.46. The van der Waals surface area contributed by atoms with Crippen molar-refractivity contribution in [2.75, 3.05) is 19.7 Å². The zero-order valence-electron chi connectivity index (χ0n) is 14.1. The van der Waals surface area contributed by atoms with Crippen LogP contribution in [-0.2, 0) is 22.4 Å². The minimum atomic E-state index is 0.0713. The molecule has 7 heteroatoms. The van der Waals surface area contributed by atoms with Crippen LogP contribution in [0.25, 0.3) is 0 Å². The maximum absolute atomic E-state index is 12.6. The summed E-state index contributed by atoms with van der Waals surface area (Å²) in [5.74, 6) is 0.164. The first-order valence-corrected chi connectivity index (χ1v) is 9.00. The van der Waals surface area contributed by atoms with Crippen molar-refractivity contribution in [2.24, 2.45) is 0 Å². The Morgan fingerprint density at radius 2 is 2.33 bits per heavy atom. The number of amides is 1. The quantitative estimate of drug-likeness (QED) is 0.828. The van der Waals surface area contributed by atoms with E-state index in [2.05, 4.69) is 15.0 Å². The molecule has 0 aromatic carbocycles. The summed E-state index contributed by atoms with van der Waals surface area (Å²) in [6.45, 7) is 5.86. The largest absolute Gasteiger partial charge is 0.375 e. The second-order valence-corrected chi connectivity index (χ2v) is 7.28. The lowest BCUT2D eigenvalue weighted by atomic mass is 10.1. The molecule has 1 aliphatic heterocycles. The number of carbonyl (C=O) groups is 1. The summed E-state index contributed by atoms with van der Waals surface area (Å²) in [7, 11) is 0. The first-order valence-electron chi connectivity index (χ1n) is 8.19. The van der Waals surface area contributed by atoms with Crippen LogP contribution in [0.5, 0.6) is 0 Å². The van der Waals surface area contributed by atoms with Crippen molar-refractivity contribution in [3.05, 3.63) is 39.9 Å². The minimum Gasteiger partial charge on any atom is -0.375 e. The van der Waals surface area contributed by atoms with Gasteiger partial charge >= 0.3 is 0 Å². The van der Waals surface area contributed by atoms with Gasteiger partial charge in [0.05, 0.1) is 29.8 Å². The van der Waals surface area contributed by atoms with E-state index in [4.69, 9.17) is 4.74 Å². The number of aromatic nitrogens is 3. The maximum atomic E-state index is 12.6. The van der Waals surface area contributed by atoms with Crippen LogP contribution in [-0.4, -0.2) is 51.6 Å². The van der Waals surface area contributed by atoms with Crippen molar-refractivity contribution in [3.8, 4) is 0 Å². The van der Waals surface area contributed by atoms with Crippen molar-refractivity contribution in [1.29, 1.82) is 0 Å². The highest BCUT2D eigenvalue weighted by molar-refractivity contribution is 7.11. The van der Waals surface area contributed by atoms with Gasteiger partial charge in [-0.15, -0.1) is 11.3 Å². The molecule has 1 atom stereocenters. The molecule has 128 valence electrons. The van der Waals surface area contributed by atoms with E-state index < -0.39 is 0 Å². The third-order valence-electron chi connectivity index (χ3n) is 4.17. The molecule has 0 unspecified atom stereocenters. The molecule has 1 aliphatic rings. The molecule has 0 spiro atoms. The molecule has 2 aromatic rings. The van der Waals surface area contributed by atoms with Gasteiger partial charge < -0.3 is 9.64 Å². The second kappa shape index (κ2) is 7.81. The van der Waals surface area contributed by atoms with Gasteiger partial charge in [0.1, 0.15) is 6.33 Å². The number of hydrogen-bond donors (Lipinski definition) is 0. The smallest absolute Gasteiger partial charge is 0.228 e. The van der Waals surface area contributed by atoms with Gasteiger partial charge in [-0.05, 0) is 32.8 Å². The van der Waals surface area contributed by atoms with E-state index >= 15 is 0 Å². The normalized spacial score (nSPS) is 17.9. The molecule has 0 aliphatic carbocycles. The number of nitrogens with zero attached hydrogens (tertiary/aromatic N) is 4. The van der Waals surface area contributed by atoms with Crippen molar-refractivity contribution >= 4 is 17.2 Å². The van der Waals surface area contributed by atoms with Crippen LogP contribution in [0, 0.1) is 13.8 Å². The molecule has 0 saturated carbocycles. The van der Waals surface area contributed by atoms with Crippen molar-refractivity contribution < 1.29 is 9.53 Å². The van der Waals surface area contributed by atoms with E-state index in [1.165, 1.54) is 0 Å². The Kier molecular flexibility index (Phi) is 5.52. The fourth-order valence-corrected chi connectivity index (χ4v) is 3.81. The summed E-state index contributed by atoms with van der Waals surface area (Å²) in [5, 5.41) is 1.01. The molecular formula is C17H22N4O2S. The second-order valence-electron chi connectivity index (χ2n) is 5.99. The van der Waals surface area contributed by atoms with Crippen LogP contribution in [0.1, 0.15) is 27.7 Å². The van der Waals surface area contributed by atoms with Gasteiger partial charge in [-0.3, -0.25) is 4.79 Å². The van der Waals surface area contributed by atoms with E-state index in [0.29, 0.717) is 26.1 Å². The Hall–Kier alpha value is -1.86. The molecule has 0 bridgehead atoms. The van der Waals surface area contributed by atoms with Gasteiger partial charge in [0, 0.05) is 29.9 Å². The number of hydrogen-bond acceptors (Lipinski definition) is 6. The van der Waals surface area contributed by atoms with Crippen LogP contribution in [0.4, 0.5) is 0 Å². The van der Waals surface area contributed by atoms with E-state index in [1.807, 2.05) is 24.8 Å². The predicted molar refractivity (Wildman–Crippen MR) is 92.0 cm³/mol. The number of ether oxygens (including phenoxy) is 1. The highest BCUT2D eigenvalue weighted by atomic mass is 32.1. The highest BCUT2D eigenvalue weighted by Gasteiger charge is 2.25. The van der Waals surface area contributed by atoms with E-state index in [-0.39, 0.29) is 12.0 Å². The standard InChI is InChI=1S/C17H22N4O2S/c1-12-16(24-13(2)20-12)9-17(22)21-7-8-23-15(10-21)4-3-14-5-6-18-11-19-14/h5-6,11,15H,3-4,7-10H2,1-2H3/t15-/m0/s1. The van der Waals surface area contributed by atoms with Crippen LogP contribution in [0.15, 0.2) is 18.6 Å². The fraction of sp³-hybridized carbons (Fsp3) is 0.529. The fourth-order valence-electron chi connectivity index (χ4n) is 2.88. The van der Waals surface area contributed by atoms with Crippen LogP contribution >= 0.6 is 11.3 Å². The zero-order valence-corrected chi connectivity index (χ0v) is 14.9. The third-order valence-corrected chi connectivity index (χ3v) is 5.24. The number of rotatable bonds is 5. The van der Waals surface area contributed by atoms with E-state index in [0.717, 1.165) is 34.1 Å². The number of aryl methyl sites for hydroxylation is 3. The molecule has 0 radical (unpaired) electrons. The minimum absolute atomic E-state index is 0.0713. The predicted octanol–water partition coefficient (Wildman–Crippen LogP) is 1.95. The highest BCUT2D eigenvalue weighted by Crippen LogP contribution is 2.19. The molecule has 1 amide bonds. The van der Waals surface area contributed by atoms with E-state index in [9.17, 15) is 4.79 Å². The average Bonchev–Trinajstić information content (AvgIpc) is 2.91. The monoisotopic (exact) mass is 346 g/mol. The molecule has 24 heavy (non-hydrogen) atoms. The molecule has 3 rings (SSSR count). The SMILES string of the molecule is Cc1nc(C)c(CC(=O)N2CCO[C@@H](CCc3ccncn3)C2)s1. The Bertz CT molecular complexity index is 689. The summed E-state index contributed by atoms with van der Waals surface area (Å²) in [4.78, 5) is 28.1. The van der Waals surface area contributed by atoms with Gasteiger partial charge in [-0.25, -0.2) is 15.0 Å². The summed E-state index contributed by atoms with van der Waals surface area (Å²) in [5.41, 5.74) is 1.98. The molecule has 1 fully saturated rings. The van der Waals surface area contributed by atoms with Gasteiger partial charge in [-0.1, -0.05) is 0 Å². The molecule has 3 heterocycles. The van der Waals surface area contributed by atoms with Gasteiger partial charge in [0.15, 0.2) is 0 Å². The summed E-state index contributed by atoms with van der Waals surface area (Å²) >= 11 is 1.61. The summed E-state index contributed by atoms with van der Waals surface area (Å²) in [6.07, 6.45) is 5.52. The van der Waals surface area contributed by atoms with Gasteiger partial charge in [0.25, 0.3) is 0 Å². The Balaban J connectivity index is 1.53. The summed E-state index contributed by atoms with van der Waals surface area (Å²) in [6, 6.07) is 1.92. The lowest BCUT2D eigenvalue weighted by molar-refractivity contribution is -0.138. The van der Waals surface area contributed by atoms with Gasteiger partial charge in [-0.2, -0.15) is 0 Å². The Morgan fingerprint density at radius 3 is 3.04 bits per heavy atom. The number of carbonyl (C=O) groups excluding carboxylic acids is 1. The molecule has 0 N–H and O–H groups in total. The van der Waals surface area contributed by atoms with Crippen LogP contribution in [0.3, 0.4) is 0 Å². The van der Waals surface area contributed by atoms with Gasteiger partial charge in [0.2, 0.25) is 5.91 Å². The van der Waals surface area contributed by atoms with Crippen LogP contribution in [0.2, 0.25) is 0 Å². The topological polar surface area (TPSA) is 68.2 Å². The number of morpholine rings is 1. The average molecular weight is 346 g/mol. The molecule has 1 saturated heterocycles. The third kappa shape index (κ3) is 4.36. The molecule has 2 aromatic heterocycles. The molecule has 6 nitrogen and oxygen atoms in total. The van der Waals surface area contributed by atoms with Crippen molar-refractivity contribution in [1.82, 2.24) is 19.9 Å². The van der Waals surface area contributed by atoms with Crippen molar-refractivity contribution in [2.45, 2.75) is 39.2 Å². The Morgan fingerprint density at radius 1 is 1.46 bits per heavy atom. The van der Waals surface area contributed by atoms with E-state index in [1.54, 1.807) is 23.9 Å².